The number of thiazole rings is 1. The minimum atomic E-state index is -0.848. The molecule has 0 radical (unpaired) electrons. The van der Waals surface area contributed by atoms with E-state index in [1.54, 1.807) is 18.2 Å². The number of nitrogens with zero attached hydrogens (tertiary/aromatic N) is 2. The zero-order valence-corrected chi connectivity index (χ0v) is 23.7. The van der Waals surface area contributed by atoms with Crippen LogP contribution in [0, 0.1) is 13.8 Å². The quantitative estimate of drug-likeness (QED) is 0.104. The molecule has 8 heteroatoms. The molecule has 0 saturated carbocycles. The number of Topliss-reactive ketones (excluding diaryl/α,β-unsaturated/α-hetero) is 1. The Morgan fingerprint density at radius 2 is 1.89 bits per heavy atom. The topological polar surface area (TPSA) is 79.7 Å². The van der Waals surface area contributed by atoms with E-state index in [-0.39, 0.29) is 11.3 Å². The maximum Gasteiger partial charge on any atom is 0.301 e. The Bertz CT molecular complexity index is 1590. The first-order valence-electron chi connectivity index (χ1n) is 12.5. The number of halogens is 1. The number of aromatic nitrogens is 1. The lowest BCUT2D eigenvalue weighted by Crippen LogP contribution is -2.29. The second-order valence-electron chi connectivity index (χ2n) is 9.38. The van der Waals surface area contributed by atoms with Gasteiger partial charge in [-0.3, -0.25) is 14.5 Å². The van der Waals surface area contributed by atoms with E-state index in [0.29, 0.717) is 28.6 Å². The maximum atomic E-state index is 13.6. The van der Waals surface area contributed by atoms with Crippen LogP contribution < -0.4 is 9.64 Å². The van der Waals surface area contributed by atoms with Crippen molar-refractivity contribution in [3.05, 3.63) is 93.0 Å². The van der Waals surface area contributed by atoms with Crippen molar-refractivity contribution in [2.75, 3.05) is 11.5 Å². The summed E-state index contributed by atoms with van der Waals surface area (Å²) in [5.41, 5.74) is 4.00. The number of carbonyl (C=O) groups excluding carboxylic acids is 2. The summed E-state index contributed by atoms with van der Waals surface area (Å²) >= 11 is 4.87. The van der Waals surface area contributed by atoms with Crippen LogP contribution in [0.5, 0.6) is 5.75 Å². The van der Waals surface area contributed by atoms with Gasteiger partial charge in [0.05, 0.1) is 28.4 Å². The van der Waals surface area contributed by atoms with E-state index in [4.69, 9.17) is 9.72 Å². The van der Waals surface area contributed by atoms with Gasteiger partial charge in [-0.25, -0.2) is 4.98 Å². The van der Waals surface area contributed by atoms with Crippen molar-refractivity contribution in [1.29, 1.82) is 0 Å². The Hall–Kier alpha value is -3.49. The number of aryl methyl sites for hydroxylation is 2. The Labute approximate surface area is 233 Å². The van der Waals surface area contributed by atoms with Gasteiger partial charge in [-0.15, -0.1) is 0 Å². The average molecular weight is 592 g/mol. The van der Waals surface area contributed by atoms with Gasteiger partial charge in [-0.05, 0) is 67.3 Å². The third-order valence-electron chi connectivity index (χ3n) is 6.51. The van der Waals surface area contributed by atoms with Gasteiger partial charge in [-0.1, -0.05) is 70.9 Å². The summed E-state index contributed by atoms with van der Waals surface area (Å²) < 4.78 is 7.54. The third-order valence-corrected chi connectivity index (χ3v) is 8.00. The first-order valence-corrected chi connectivity index (χ1v) is 14.1. The smallest absolute Gasteiger partial charge is 0.301 e. The number of amides is 1. The van der Waals surface area contributed by atoms with Crippen molar-refractivity contribution in [1.82, 2.24) is 4.98 Å². The highest BCUT2D eigenvalue weighted by molar-refractivity contribution is 9.10. The number of aliphatic hydroxyl groups excluding tert-OH is 1. The molecule has 1 amide bonds. The maximum absolute atomic E-state index is 13.6. The molecule has 3 aromatic carbocycles. The van der Waals surface area contributed by atoms with Crippen molar-refractivity contribution in [2.45, 2.75) is 39.7 Å². The molecule has 1 aromatic heterocycles. The standard InChI is InChI=1S/C30H27BrN2O4S/c1-4-5-12-37-22-11-7-9-20(16-22)27(34)24-26(19-8-6-10-21(31)15-19)33(29(36)28(24)35)30-32-25-18(3)13-17(2)14-23(25)38-30/h6-11,13-16,26,34H,4-5,12H2,1-3H3/b27-24+. The normalized spacial score (nSPS) is 16.9. The number of hydrogen-bond donors (Lipinski definition) is 1. The summed E-state index contributed by atoms with van der Waals surface area (Å²) in [6.45, 7) is 6.63. The summed E-state index contributed by atoms with van der Waals surface area (Å²) in [6, 6.07) is 17.6. The predicted molar refractivity (Wildman–Crippen MR) is 155 cm³/mol. The van der Waals surface area contributed by atoms with Crippen LogP contribution in [0.25, 0.3) is 16.0 Å². The molecule has 1 saturated heterocycles. The molecule has 1 atom stereocenters. The van der Waals surface area contributed by atoms with E-state index in [2.05, 4.69) is 22.9 Å². The van der Waals surface area contributed by atoms with E-state index in [1.807, 2.05) is 56.3 Å². The zero-order chi connectivity index (χ0) is 27.0. The van der Waals surface area contributed by atoms with E-state index >= 15 is 0 Å². The fourth-order valence-corrected chi connectivity index (χ4v) is 6.29. The van der Waals surface area contributed by atoms with Crippen LogP contribution in [0.4, 0.5) is 5.13 Å². The van der Waals surface area contributed by atoms with Crippen molar-refractivity contribution in [2.24, 2.45) is 0 Å². The van der Waals surface area contributed by atoms with Crippen LogP contribution >= 0.6 is 27.3 Å². The largest absolute Gasteiger partial charge is 0.507 e. The fraction of sp³-hybridized carbons (Fsp3) is 0.233. The number of aliphatic hydroxyl groups is 1. The molecular formula is C30H27BrN2O4S. The molecule has 0 spiro atoms. The van der Waals surface area contributed by atoms with Crippen LogP contribution in [-0.2, 0) is 9.59 Å². The average Bonchev–Trinajstić information content (AvgIpc) is 3.42. The number of hydrogen-bond acceptors (Lipinski definition) is 6. The first kappa shape index (κ1) is 26.1. The Kier molecular flexibility index (Phi) is 7.36. The second-order valence-corrected chi connectivity index (χ2v) is 11.3. The van der Waals surface area contributed by atoms with Gasteiger partial charge in [0.15, 0.2) is 5.13 Å². The second kappa shape index (κ2) is 10.7. The summed E-state index contributed by atoms with van der Waals surface area (Å²) in [7, 11) is 0. The van der Waals surface area contributed by atoms with E-state index in [0.717, 1.165) is 38.7 Å². The van der Waals surface area contributed by atoms with Crippen molar-refractivity contribution in [3.63, 3.8) is 0 Å². The molecule has 5 rings (SSSR count). The molecule has 38 heavy (non-hydrogen) atoms. The van der Waals surface area contributed by atoms with Gasteiger partial charge in [0.25, 0.3) is 5.78 Å². The number of anilines is 1. The van der Waals surface area contributed by atoms with E-state index in [1.165, 1.54) is 16.2 Å². The molecule has 1 unspecified atom stereocenters. The molecule has 1 aliphatic rings. The van der Waals surface area contributed by atoms with Crippen LogP contribution in [0.3, 0.4) is 0 Å². The summed E-state index contributed by atoms with van der Waals surface area (Å²) in [5.74, 6) is -1.13. The van der Waals surface area contributed by atoms with Crippen LogP contribution in [0.1, 0.15) is 48.1 Å². The van der Waals surface area contributed by atoms with Crippen LogP contribution in [0.2, 0.25) is 0 Å². The van der Waals surface area contributed by atoms with Crippen molar-refractivity contribution >= 4 is 60.1 Å². The number of ketones is 1. The Morgan fingerprint density at radius 3 is 2.66 bits per heavy atom. The van der Waals surface area contributed by atoms with Crippen LogP contribution in [-0.4, -0.2) is 28.4 Å². The lowest BCUT2D eigenvalue weighted by atomic mass is 9.95. The lowest BCUT2D eigenvalue weighted by Gasteiger charge is -2.23. The number of carbonyl (C=O) groups is 2. The van der Waals surface area contributed by atoms with E-state index < -0.39 is 17.7 Å². The van der Waals surface area contributed by atoms with Gasteiger partial charge >= 0.3 is 5.91 Å². The van der Waals surface area contributed by atoms with Crippen LogP contribution in [0.15, 0.2) is 70.7 Å². The Balaban J connectivity index is 1.67. The number of rotatable bonds is 7. The zero-order valence-electron chi connectivity index (χ0n) is 21.3. The SMILES string of the molecule is CCCCOc1cccc(/C(O)=C2\C(=O)C(=O)N(c3nc4c(C)cc(C)cc4s3)C2c2cccc(Br)c2)c1. The minimum Gasteiger partial charge on any atom is -0.507 e. The van der Waals surface area contributed by atoms with Gasteiger partial charge in [0.2, 0.25) is 0 Å². The van der Waals surface area contributed by atoms with Crippen molar-refractivity contribution < 1.29 is 19.4 Å². The monoisotopic (exact) mass is 590 g/mol. The summed E-state index contributed by atoms with van der Waals surface area (Å²) in [5, 5.41) is 11.9. The fourth-order valence-electron chi connectivity index (χ4n) is 4.71. The molecule has 2 heterocycles. The first-order chi connectivity index (χ1) is 18.3. The predicted octanol–water partition coefficient (Wildman–Crippen LogP) is 7.48. The number of fused-ring (bicyclic) bond motifs is 1. The van der Waals surface area contributed by atoms with Crippen molar-refractivity contribution in [3.8, 4) is 5.75 Å². The highest BCUT2D eigenvalue weighted by atomic mass is 79.9. The molecular weight excluding hydrogens is 564 g/mol. The summed E-state index contributed by atoms with van der Waals surface area (Å²) in [4.78, 5) is 33.3. The number of benzene rings is 3. The lowest BCUT2D eigenvalue weighted by molar-refractivity contribution is -0.132. The molecule has 1 fully saturated rings. The molecule has 0 bridgehead atoms. The minimum absolute atomic E-state index is 0.0194. The number of unbranched alkanes of at least 4 members (excludes halogenated alkanes) is 1. The third kappa shape index (κ3) is 4.86. The molecule has 4 aromatic rings. The van der Waals surface area contributed by atoms with Gasteiger partial charge in [0, 0.05) is 10.0 Å². The molecule has 6 nitrogen and oxygen atoms in total. The Morgan fingerprint density at radius 1 is 1.11 bits per heavy atom. The highest BCUT2D eigenvalue weighted by Crippen LogP contribution is 2.45. The van der Waals surface area contributed by atoms with E-state index in [9.17, 15) is 14.7 Å². The molecule has 1 N–H and O–H groups in total. The van der Waals surface area contributed by atoms with Gasteiger partial charge in [0.1, 0.15) is 11.5 Å². The van der Waals surface area contributed by atoms with Gasteiger partial charge in [-0.2, -0.15) is 0 Å². The number of ether oxygens (including phenoxy) is 1. The molecule has 0 aliphatic carbocycles. The van der Waals surface area contributed by atoms with Gasteiger partial charge < -0.3 is 9.84 Å². The molecule has 1 aliphatic heterocycles. The summed E-state index contributed by atoms with van der Waals surface area (Å²) in [6.07, 6.45) is 1.91. The highest BCUT2D eigenvalue weighted by Gasteiger charge is 2.48. The molecule has 194 valence electrons.